The molecule has 0 saturated heterocycles. The zero-order valence-corrected chi connectivity index (χ0v) is 11.9. The Bertz CT molecular complexity index is 359. The summed E-state index contributed by atoms with van der Waals surface area (Å²) in [6.45, 7) is 2.06. The Morgan fingerprint density at radius 2 is 2.00 bits per heavy atom. The first-order valence-corrected chi connectivity index (χ1v) is 6.42. The number of hydrogen-bond acceptors (Lipinski definition) is 3. The van der Waals surface area contributed by atoms with E-state index >= 15 is 0 Å². The van der Waals surface area contributed by atoms with Crippen molar-refractivity contribution in [3.63, 3.8) is 0 Å². The summed E-state index contributed by atoms with van der Waals surface area (Å²) in [7, 11) is 0. The number of aliphatic hydroxyl groups is 1. The first kappa shape index (κ1) is 13.7. The van der Waals surface area contributed by atoms with Gasteiger partial charge in [-0.25, -0.2) is 0 Å². The topological polar surface area (TPSA) is 46.5 Å². The molecule has 0 fully saturated rings. The number of rotatable bonds is 4. The van der Waals surface area contributed by atoms with Gasteiger partial charge in [-0.05, 0) is 19.1 Å². The van der Waals surface area contributed by atoms with Crippen molar-refractivity contribution < 1.29 is 14.6 Å². The normalized spacial score (nSPS) is 12.2. The molecule has 3 nitrogen and oxygen atoms in total. The van der Waals surface area contributed by atoms with Gasteiger partial charge in [0.2, 0.25) is 0 Å². The van der Waals surface area contributed by atoms with Gasteiger partial charge in [0.1, 0.15) is 0 Å². The fourth-order valence-corrected chi connectivity index (χ4v) is 2.84. The molecule has 5 heteroatoms. The van der Waals surface area contributed by atoms with Crippen molar-refractivity contribution >= 4 is 37.8 Å². The van der Waals surface area contributed by atoms with Crippen molar-refractivity contribution in [2.24, 2.45) is 0 Å². The second-order valence-electron chi connectivity index (χ2n) is 3.16. The van der Waals surface area contributed by atoms with E-state index in [1.54, 1.807) is 6.92 Å². The van der Waals surface area contributed by atoms with Crippen LogP contribution in [-0.2, 0) is 9.53 Å². The molecule has 16 heavy (non-hydrogen) atoms. The van der Waals surface area contributed by atoms with Crippen molar-refractivity contribution in [3.8, 4) is 0 Å². The maximum absolute atomic E-state index is 11.2. The highest BCUT2D eigenvalue weighted by Crippen LogP contribution is 2.32. The predicted octanol–water partition coefficient (Wildman–Crippen LogP) is 3.20. The summed E-state index contributed by atoms with van der Waals surface area (Å²) in [6, 6.07) is 5.47. The highest BCUT2D eigenvalue weighted by atomic mass is 79.9. The SMILES string of the molecule is CCOC(=O)CC(O)c1c(Br)cccc1Br. The third-order valence-electron chi connectivity index (χ3n) is 2.00. The lowest BCUT2D eigenvalue weighted by molar-refractivity contribution is -0.145. The molecule has 0 aliphatic carbocycles. The largest absolute Gasteiger partial charge is 0.466 e. The predicted molar refractivity (Wildman–Crippen MR) is 68.1 cm³/mol. The number of hydrogen-bond donors (Lipinski definition) is 1. The summed E-state index contributed by atoms with van der Waals surface area (Å²) in [5, 5.41) is 9.92. The van der Waals surface area contributed by atoms with Crippen molar-refractivity contribution in [2.45, 2.75) is 19.4 Å². The zero-order valence-electron chi connectivity index (χ0n) is 8.74. The number of carbonyl (C=O) groups is 1. The highest BCUT2D eigenvalue weighted by Gasteiger charge is 2.18. The number of ether oxygens (including phenoxy) is 1. The van der Waals surface area contributed by atoms with Gasteiger partial charge < -0.3 is 9.84 Å². The average Bonchev–Trinajstić information content (AvgIpc) is 2.17. The van der Waals surface area contributed by atoms with Crippen LogP contribution in [-0.4, -0.2) is 17.7 Å². The molecule has 0 aliphatic heterocycles. The average molecular weight is 352 g/mol. The molecule has 1 unspecified atom stereocenters. The molecule has 0 aliphatic rings. The summed E-state index contributed by atoms with van der Waals surface area (Å²) in [5.74, 6) is -0.405. The molecular weight excluding hydrogens is 340 g/mol. The third kappa shape index (κ3) is 3.57. The van der Waals surface area contributed by atoms with E-state index in [1.165, 1.54) is 0 Å². The monoisotopic (exact) mass is 350 g/mol. The van der Waals surface area contributed by atoms with E-state index in [0.29, 0.717) is 12.2 Å². The Labute approximate surface area is 111 Å². The van der Waals surface area contributed by atoms with Crippen LogP contribution < -0.4 is 0 Å². The van der Waals surface area contributed by atoms with Gasteiger partial charge in [-0.3, -0.25) is 4.79 Å². The minimum absolute atomic E-state index is 0.0466. The van der Waals surface area contributed by atoms with E-state index in [9.17, 15) is 9.90 Å². The van der Waals surface area contributed by atoms with Gasteiger partial charge in [-0.15, -0.1) is 0 Å². The molecule has 1 aromatic carbocycles. The lowest BCUT2D eigenvalue weighted by atomic mass is 10.1. The Morgan fingerprint density at radius 3 is 2.50 bits per heavy atom. The molecule has 1 aromatic rings. The molecule has 88 valence electrons. The highest BCUT2D eigenvalue weighted by molar-refractivity contribution is 9.11. The third-order valence-corrected chi connectivity index (χ3v) is 3.38. The fourth-order valence-electron chi connectivity index (χ4n) is 1.31. The molecule has 1 rings (SSSR count). The molecule has 0 saturated carbocycles. The lowest BCUT2D eigenvalue weighted by Crippen LogP contribution is -2.10. The summed E-state index contributed by atoms with van der Waals surface area (Å²) in [5.41, 5.74) is 0.663. The lowest BCUT2D eigenvalue weighted by Gasteiger charge is -2.13. The molecule has 0 radical (unpaired) electrons. The minimum atomic E-state index is -0.871. The van der Waals surface area contributed by atoms with Crippen LogP contribution in [0.1, 0.15) is 25.0 Å². The molecule has 1 atom stereocenters. The maximum atomic E-state index is 11.2. The first-order valence-electron chi connectivity index (χ1n) is 4.83. The molecular formula is C11H12Br2O3. The quantitative estimate of drug-likeness (QED) is 0.847. The van der Waals surface area contributed by atoms with Crippen LogP contribution in [0.3, 0.4) is 0 Å². The van der Waals surface area contributed by atoms with Gasteiger partial charge in [0, 0.05) is 14.5 Å². The Hall–Kier alpha value is -0.390. The summed E-state index contributed by atoms with van der Waals surface area (Å²) < 4.78 is 6.31. The van der Waals surface area contributed by atoms with Gasteiger partial charge in [-0.1, -0.05) is 37.9 Å². The van der Waals surface area contributed by atoms with Gasteiger partial charge in [0.15, 0.2) is 0 Å². The minimum Gasteiger partial charge on any atom is -0.466 e. The molecule has 0 amide bonds. The van der Waals surface area contributed by atoms with E-state index in [-0.39, 0.29) is 6.42 Å². The van der Waals surface area contributed by atoms with Crippen LogP contribution in [0, 0.1) is 0 Å². The second-order valence-corrected chi connectivity index (χ2v) is 4.87. The summed E-state index contributed by atoms with van der Waals surface area (Å²) in [6.07, 6.45) is -0.918. The molecule has 0 spiro atoms. The fraction of sp³-hybridized carbons (Fsp3) is 0.364. The van der Waals surface area contributed by atoms with Crippen LogP contribution in [0.5, 0.6) is 0 Å². The number of halogens is 2. The molecule has 1 N–H and O–H groups in total. The smallest absolute Gasteiger partial charge is 0.308 e. The standard InChI is InChI=1S/C11H12Br2O3/c1-2-16-10(15)6-9(14)11-7(12)4-3-5-8(11)13/h3-5,9,14H,2,6H2,1H3. The Kier molecular flexibility index (Phi) is 5.44. The van der Waals surface area contributed by atoms with Crippen LogP contribution in [0.25, 0.3) is 0 Å². The van der Waals surface area contributed by atoms with Crippen molar-refractivity contribution in [3.05, 3.63) is 32.7 Å². The van der Waals surface area contributed by atoms with E-state index in [1.807, 2.05) is 18.2 Å². The maximum Gasteiger partial charge on any atom is 0.308 e. The van der Waals surface area contributed by atoms with Gasteiger partial charge in [0.05, 0.1) is 19.1 Å². The van der Waals surface area contributed by atoms with Gasteiger partial charge in [-0.2, -0.15) is 0 Å². The van der Waals surface area contributed by atoms with Crippen molar-refractivity contribution in [2.75, 3.05) is 6.61 Å². The van der Waals surface area contributed by atoms with E-state index in [4.69, 9.17) is 4.74 Å². The summed E-state index contributed by atoms with van der Waals surface area (Å²) >= 11 is 6.67. The number of benzene rings is 1. The van der Waals surface area contributed by atoms with Crippen molar-refractivity contribution in [1.82, 2.24) is 0 Å². The first-order chi connectivity index (χ1) is 7.56. The van der Waals surface area contributed by atoms with Gasteiger partial charge in [0.25, 0.3) is 0 Å². The van der Waals surface area contributed by atoms with E-state index in [2.05, 4.69) is 31.9 Å². The van der Waals surface area contributed by atoms with Crippen LogP contribution in [0.15, 0.2) is 27.1 Å². The van der Waals surface area contributed by atoms with E-state index < -0.39 is 12.1 Å². The van der Waals surface area contributed by atoms with Crippen LogP contribution >= 0.6 is 31.9 Å². The van der Waals surface area contributed by atoms with Gasteiger partial charge >= 0.3 is 5.97 Å². The van der Waals surface area contributed by atoms with Crippen LogP contribution in [0.2, 0.25) is 0 Å². The van der Waals surface area contributed by atoms with Crippen molar-refractivity contribution in [1.29, 1.82) is 0 Å². The second kappa shape index (κ2) is 6.37. The number of aliphatic hydroxyl groups excluding tert-OH is 1. The Morgan fingerprint density at radius 1 is 1.44 bits per heavy atom. The van der Waals surface area contributed by atoms with E-state index in [0.717, 1.165) is 8.95 Å². The number of esters is 1. The Balaban J connectivity index is 2.80. The number of carbonyl (C=O) groups excluding carboxylic acids is 1. The molecule has 0 heterocycles. The molecule has 0 bridgehead atoms. The van der Waals surface area contributed by atoms with Crippen LogP contribution in [0.4, 0.5) is 0 Å². The zero-order chi connectivity index (χ0) is 12.1. The summed E-state index contributed by atoms with van der Waals surface area (Å²) in [4.78, 5) is 11.2. The molecule has 0 aromatic heterocycles.